The first-order chi connectivity index (χ1) is 8.13. The predicted molar refractivity (Wildman–Crippen MR) is 75.3 cm³/mol. The molecule has 1 saturated heterocycles. The number of amides is 1. The Balaban J connectivity index is 2.51. The van der Waals surface area contributed by atoms with Gasteiger partial charge in [-0.15, -0.1) is 0 Å². The molecule has 18 heavy (non-hydrogen) atoms. The smallest absolute Gasteiger partial charge is 0.239 e. The van der Waals surface area contributed by atoms with Crippen molar-refractivity contribution >= 4 is 5.91 Å². The van der Waals surface area contributed by atoms with Crippen LogP contribution in [0.2, 0.25) is 0 Å². The van der Waals surface area contributed by atoms with E-state index in [0.29, 0.717) is 12.5 Å². The number of nitrogens with zero attached hydrogens (tertiary/aromatic N) is 1. The maximum Gasteiger partial charge on any atom is 0.239 e. The van der Waals surface area contributed by atoms with Gasteiger partial charge in [-0.2, -0.15) is 0 Å². The van der Waals surface area contributed by atoms with Crippen LogP contribution in [0.1, 0.15) is 40.5 Å². The van der Waals surface area contributed by atoms with Gasteiger partial charge >= 0.3 is 0 Å². The summed E-state index contributed by atoms with van der Waals surface area (Å²) in [7, 11) is 2.17. The van der Waals surface area contributed by atoms with Crippen molar-refractivity contribution in [2.24, 2.45) is 17.1 Å². The minimum atomic E-state index is -0.792. The highest BCUT2D eigenvalue weighted by Gasteiger charge is 2.33. The molecule has 1 unspecified atom stereocenters. The number of hydrogen-bond donors (Lipinski definition) is 2. The number of piperidine rings is 1. The molecule has 1 aliphatic rings. The number of carbonyl (C=O) groups excluding carboxylic acids is 1. The molecule has 0 aliphatic carbocycles. The second-order valence-corrected chi connectivity index (χ2v) is 6.99. The zero-order valence-corrected chi connectivity index (χ0v) is 12.5. The van der Waals surface area contributed by atoms with Crippen molar-refractivity contribution in [3.63, 3.8) is 0 Å². The molecule has 1 heterocycles. The lowest BCUT2D eigenvalue weighted by atomic mass is 9.74. The lowest BCUT2D eigenvalue weighted by Crippen LogP contribution is -2.52. The van der Waals surface area contributed by atoms with Gasteiger partial charge in [-0.1, -0.05) is 13.8 Å². The third kappa shape index (κ3) is 4.25. The second-order valence-electron chi connectivity index (χ2n) is 6.99. The first kappa shape index (κ1) is 15.4. The Kier molecular flexibility index (Phi) is 4.78. The van der Waals surface area contributed by atoms with E-state index in [9.17, 15) is 4.79 Å². The predicted octanol–water partition coefficient (Wildman–Crippen LogP) is 1.21. The van der Waals surface area contributed by atoms with Crippen molar-refractivity contribution in [1.29, 1.82) is 0 Å². The monoisotopic (exact) mass is 255 g/mol. The number of nitrogens with one attached hydrogen (secondary N) is 1. The van der Waals surface area contributed by atoms with Gasteiger partial charge in [0.05, 0.1) is 5.54 Å². The van der Waals surface area contributed by atoms with Gasteiger partial charge in [0, 0.05) is 13.1 Å². The van der Waals surface area contributed by atoms with Crippen molar-refractivity contribution in [1.82, 2.24) is 10.2 Å². The SMILES string of the molecule is CN1CCCC(C(C)(C)CNC(=O)C(C)(C)N)C1. The molecule has 1 fully saturated rings. The molecule has 1 aliphatic heterocycles. The minimum absolute atomic E-state index is 0.0697. The van der Waals surface area contributed by atoms with E-state index in [4.69, 9.17) is 5.73 Å². The molecule has 0 bridgehead atoms. The van der Waals surface area contributed by atoms with Crippen molar-refractivity contribution in [2.45, 2.75) is 46.1 Å². The van der Waals surface area contributed by atoms with Crippen molar-refractivity contribution in [3.8, 4) is 0 Å². The van der Waals surface area contributed by atoms with Crippen LogP contribution in [0.5, 0.6) is 0 Å². The Morgan fingerprint density at radius 1 is 1.39 bits per heavy atom. The average Bonchev–Trinajstić information content (AvgIpc) is 2.24. The van der Waals surface area contributed by atoms with Crippen molar-refractivity contribution < 1.29 is 4.79 Å². The Morgan fingerprint density at radius 2 is 2.00 bits per heavy atom. The standard InChI is InChI=1S/C14H29N3O/c1-13(2,10-16-12(18)14(3,4)15)11-7-6-8-17(5)9-11/h11H,6-10,15H2,1-5H3,(H,16,18). The van der Waals surface area contributed by atoms with Crippen LogP contribution in [0, 0.1) is 11.3 Å². The summed E-state index contributed by atoms with van der Waals surface area (Å²) >= 11 is 0. The normalized spacial score (nSPS) is 22.9. The van der Waals surface area contributed by atoms with Crippen LogP contribution in [0.15, 0.2) is 0 Å². The zero-order chi connectivity index (χ0) is 14.0. The van der Waals surface area contributed by atoms with Crippen LogP contribution < -0.4 is 11.1 Å². The molecule has 4 nitrogen and oxygen atoms in total. The molecule has 1 rings (SSSR count). The van der Waals surface area contributed by atoms with Gasteiger partial charge in [0.25, 0.3) is 0 Å². The lowest BCUT2D eigenvalue weighted by molar-refractivity contribution is -0.125. The van der Waals surface area contributed by atoms with E-state index in [1.807, 2.05) is 0 Å². The molecule has 0 spiro atoms. The third-order valence-corrected chi connectivity index (χ3v) is 4.02. The molecule has 1 amide bonds. The number of nitrogens with two attached hydrogens (primary N) is 1. The van der Waals surface area contributed by atoms with Gasteiger partial charge in [-0.3, -0.25) is 4.79 Å². The van der Waals surface area contributed by atoms with E-state index < -0.39 is 5.54 Å². The number of hydrogen-bond acceptors (Lipinski definition) is 3. The fraction of sp³-hybridized carbons (Fsp3) is 0.929. The highest BCUT2D eigenvalue weighted by atomic mass is 16.2. The Labute approximate surface area is 111 Å². The largest absolute Gasteiger partial charge is 0.354 e. The minimum Gasteiger partial charge on any atom is -0.354 e. The first-order valence-electron chi connectivity index (χ1n) is 6.88. The number of likely N-dealkylation sites (tertiary alicyclic amines) is 1. The summed E-state index contributed by atoms with van der Waals surface area (Å²) in [6.45, 7) is 11.0. The van der Waals surface area contributed by atoms with E-state index in [-0.39, 0.29) is 11.3 Å². The van der Waals surface area contributed by atoms with E-state index >= 15 is 0 Å². The maximum absolute atomic E-state index is 11.8. The van der Waals surface area contributed by atoms with Gasteiger partial charge in [-0.05, 0) is 51.6 Å². The molecule has 3 N–H and O–H groups in total. The second kappa shape index (κ2) is 5.57. The zero-order valence-electron chi connectivity index (χ0n) is 12.5. The van der Waals surface area contributed by atoms with E-state index in [1.165, 1.54) is 19.4 Å². The maximum atomic E-state index is 11.8. The van der Waals surface area contributed by atoms with Crippen LogP contribution in [-0.2, 0) is 4.79 Å². The van der Waals surface area contributed by atoms with Crippen LogP contribution >= 0.6 is 0 Å². The summed E-state index contributed by atoms with van der Waals surface area (Å²) in [6, 6.07) is 0. The topological polar surface area (TPSA) is 58.4 Å². The highest BCUT2D eigenvalue weighted by Crippen LogP contribution is 2.33. The van der Waals surface area contributed by atoms with Gasteiger partial charge in [0.15, 0.2) is 0 Å². The summed E-state index contributed by atoms with van der Waals surface area (Å²) in [4.78, 5) is 14.2. The van der Waals surface area contributed by atoms with Crippen molar-refractivity contribution in [2.75, 3.05) is 26.7 Å². The Hall–Kier alpha value is -0.610. The van der Waals surface area contributed by atoms with Gasteiger partial charge in [-0.25, -0.2) is 0 Å². The molecule has 0 saturated carbocycles. The molecule has 0 aromatic rings. The number of rotatable bonds is 4. The number of carbonyl (C=O) groups is 1. The molecular weight excluding hydrogens is 226 g/mol. The lowest BCUT2D eigenvalue weighted by Gasteiger charge is -2.40. The van der Waals surface area contributed by atoms with Crippen LogP contribution in [0.25, 0.3) is 0 Å². The first-order valence-corrected chi connectivity index (χ1v) is 6.88. The summed E-state index contributed by atoms with van der Waals surface area (Å²) in [5, 5.41) is 2.99. The van der Waals surface area contributed by atoms with Gasteiger partial charge < -0.3 is 16.0 Å². The van der Waals surface area contributed by atoms with Gasteiger partial charge in [0.1, 0.15) is 0 Å². The molecule has 106 valence electrons. The van der Waals surface area contributed by atoms with E-state index in [1.54, 1.807) is 13.8 Å². The summed E-state index contributed by atoms with van der Waals surface area (Å²) < 4.78 is 0. The molecule has 4 heteroatoms. The van der Waals surface area contributed by atoms with Crippen LogP contribution in [0.4, 0.5) is 0 Å². The third-order valence-electron chi connectivity index (χ3n) is 4.02. The van der Waals surface area contributed by atoms with Gasteiger partial charge in [0.2, 0.25) is 5.91 Å². The fourth-order valence-electron chi connectivity index (χ4n) is 2.48. The Morgan fingerprint density at radius 3 is 2.50 bits per heavy atom. The van der Waals surface area contributed by atoms with Crippen LogP contribution in [-0.4, -0.2) is 43.0 Å². The summed E-state index contributed by atoms with van der Waals surface area (Å²) in [6.07, 6.45) is 2.50. The fourth-order valence-corrected chi connectivity index (χ4v) is 2.48. The van der Waals surface area contributed by atoms with E-state index in [2.05, 4.69) is 31.1 Å². The summed E-state index contributed by atoms with van der Waals surface area (Å²) in [5.41, 5.74) is 5.12. The molecular formula is C14H29N3O. The quantitative estimate of drug-likeness (QED) is 0.794. The molecule has 0 radical (unpaired) electrons. The highest BCUT2D eigenvalue weighted by molar-refractivity contribution is 5.85. The van der Waals surface area contributed by atoms with Crippen LogP contribution in [0.3, 0.4) is 0 Å². The summed E-state index contributed by atoms with van der Waals surface area (Å²) in [5.74, 6) is 0.567. The molecule has 1 atom stereocenters. The molecule has 0 aromatic carbocycles. The average molecular weight is 255 g/mol. The molecule has 0 aromatic heterocycles. The van der Waals surface area contributed by atoms with E-state index in [0.717, 1.165) is 6.54 Å². The Bertz CT molecular complexity index is 294. The van der Waals surface area contributed by atoms with Crippen molar-refractivity contribution in [3.05, 3.63) is 0 Å².